The average Bonchev–Trinajstić information content (AvgIpc) is 2.84. The SMILES string of the molecule is Cc1noc(C)c1C(=O)OC(C)C(=O)NC12CC3CC(CC(C3)C1)C2. The molecule has 1 atom stereocenters. The minimum absolute atomic E-state index is 0.0739. The van der Waals surface area contributed by atoms with E-state index in [4.69, 9.17) is 9.26 Å². The number of aryl methyl sites for hydroxylation is 2. The van der Waals surface area contributed by atoms with Crippen LogP contribution in [0.3, 0.4) is 0 Å². The summed E-state index contributed by atoms with van der Waals surface area (Å²) in [7, 11) is 0. The summed E-state index contributed by atoms with van der Waals surface area (Å²) in [5.41, 5.74) is 0.723. The molecule has 5 rings (SSSR count). The summed E-state index contributed by atoms with van der Waals surface area (Å²) in [5.74, 6) is 1.94. The van der Waals surface area contributed by atoms with Crippen LogP contribution in [0.25, 0.3) is 0 Å². The Morgan fingerprint density at radius 3 is 2.20 bits per heavy atom. The van der Waals surface area contributed by atoms with Gasteiger partial charge < -0.3 is 14.6 Å². The van der Waals surface area contributed by atoms with E-state index in [1.807, 2.05) is 0 Å². The molecule has 6 nitrogen and oxygen atoms in total. The van der Waals surface area contributed by atoms with Gasteiger partial charge in [-0.15, -0.1) is 0 Å². The van der Waals surface area contributed by atoms with Crippen molar-refractivity contribution >= 4 is 11.9 Å². The van der Waals surface area contributed by atoms with Gasteiger partial charge in [0.1, 0.15) is 11.3 Å². The lowest BCUT2D eigenvalue weighted by molar-refractivity contribution is -0.134. The standard InChI is InChI=1S/C19H26N2O4/c1-10-16(11(2)25-21-10)18(23)24-12(3)17(22)20-19-7-13-4-14(8-19)6-15(5-13)9-19/h12-15H,4-9H2,1-3H3,(H,20,22). The number of hydrogen-bond acceptors (Lipinski definition) is 5. The van der Waals surface area contributed by atoms with Crippen molar-refractivity contribution < 1.29 is 18.8 Å². The van der Waals surface area contributed by atoms with E-state index < -0.39 is 12.1 Å². The number of nitrogens with one attached hydrogen (secondary N) is 1. The smallest absolute Gasteiger partial charge is 0.344 e. The third kappa shape index (κ3) is 2.96. The Morgan fingerprint density at radius 2 is 1.72 bits per heavy atom. The maximum absolute atomic E-state index is 12.7. The van der Waals surface area contributed by atoms with E-state index in [1.54, 1.807) is 20.8 Å². The van der Waals surface area contributed by atoms with E-state index in [0.29, 0.717) is 17.0 Å². The summed E-state index contributed by atoms with van der Waals surface area (Å²) in [6, 6.07) is 0. The fourth-order valence-electron chi connectivity index (χ4n) is 5.67. The minimum atomic E-state index is -0.825. The highest BCUT2D eigenvalue weighted by atomic mass is 16.5. The Balaban J connectivity index is 1.40. The van der Waals surface area contributed by atoms with Gasteiger partial charge in [-0.2, -0.15) is 0 Å². The third-order valence-electron chi connectivity index (χ3n) is 6.32. The average molecular weight is 346 g/mol. The maximum atomic E-state index is 12.7. The molecule has 0 aromatic carbocycles. The summed E-state index contributed by atoms with van der Waals surface area (Å²) in [4.78, 5) is 25.0. The lowest BCUT2D eigenvalue weighted by atomic mass is 9.53. The van der Waals surface area contributed by atoms with Gasteiger partial charge in [0.15, 0.2) is 6.10 Å². The van der Waals surface area contributed by atoms with Crippen molar-refractivity contribution in [3.8, 4) is 0 Å². The zero-order valence-electron chi connectivity index (χ0n) is 15.1. The normalized spacial score (nSPS) is 34.0. The molecule has 6 heteroatoms. The molecule has 1 aromatic rings. The first-order valence-electron chi connectivity index (χ1n) is 9.31. The number of carbonyl (C=O) groups is 2. The van der Waals surface area contributed by atoms with Crippen LogP contribution in [0.2, 0.25) is 0 Å². The molecule has 0 saturated heterocycles. The molecule has 4 saturated carbocycles. The molecule has 0 aliphatic heterocycles. The topological polar surface area (TPSA) is 81.4 Å². The van der Waals surface area contributed by atoms with Crippen LogP contribution in [-0.2, 0) is 9.53 Å². The van der Waals surface area contributed by atoms with Crippen molar-refractivity contribution in [1.82, 2.24) is 10.5 Å². The molecule has 0 spiro atoms. The van der Waals surface area contributed by atoms with Crippen LogP contribution in [0.5, 0.6) is 0 Å². The first-order valence-corrected chi connectivity index (χ1v) is 9.31. The zero-order chi connectivity index (χ0) is 17.8. The molecule has 1 N–H and O–H groups in total. The van der Waals surface area contributed by atoms with Gasteiger partial charge in [0.25, 0.3) is 5.91 Å². The van der Waals surface area contributed by atoms with Gasteiger partial charge in [0.05, 0.1) is 5.69 Å². The number of ether oxygens (including phenoxy) is 1. The zero-order valence-corrected chi connectivity index (χ0v) is 15.1. The molecule has 1 unspecified atom stereocenters. The van der Waals surface area contributed by atoms with Crippen LogP contribution in [0.15, 0.2) is 4.52 Å². The van der Waals surface area contributed by atoms with Gasteiger partial charge in [0.2, 0.25) is 0 Å². The molecule has 1 aromatic heterocycles. The van der Waals surface area contributed by atoms with Crippen molar-refractivity contribution in [1.29, 1.82) is 0 Å². The van der Waals surface area contributed by atoms with Gasteiger partial charge in [0, 0.05) is 5.54 Å². The summed E-state index contributed by atoms with van der Waals surface area (Å²) in [6.07, 6.45) is 6.39. The van der Waals surface area contributed by atoms with Crippen molar-refractivity contribution in [3.05, 3.63) is 17.0 Å². The van der Waals surface area contributed by atoms with E-state index in [1.165, 1.54) is 19.3 Å². The van der Waals surface area contributed by atoms with Crippen LogP contribution in [0, 0.1) is 31.6 Å². The number of rotatable bonds is 4. The molecule has 0 radical (unpaired) electrons. The number of carbonyl (C=O) groups excluding carboxylic acids is 2. The highest BCUT2D eigenvalue weighted by Gasteiger charge is 2.51. The fraction of sp³-hybridized carbons (Fsp3) is 0.737. The number of nitrogens with zero attached hydrogens (tertiary/aromatic N) is 1. The summed E-state index contributed by atoms with van der Waals surface area (Å²) < 4.78 is 10.4. The van der Waals surface area contributed by atoms with Crippen molar-refractivity contribution in [3.63, 3.8) is 0 Å². The van der Waals surface area contributed by atoms with Gasteiger partial charge in [-0.25, -0.2) is 4.79 Å². The number of hydrogen-bond donors (Lipinski definition) is 1. The van der Waals surface area contributed by atoms with Crippen molar-refractivity contribution in [2.75, 3.05) is 0 Å². The number of esters is 1. The highest BCUT2D eigenvalue weighted by Crippen LogP contribution is 2.55. The van der Waals surface area contributed by atoms with Gasteiger partial charge in [-0.05, 0) is 77.0 Å². The Kier molecular flexibility index (Phi) is 3.89. The molecule has 136 valence electrons. The first-order chi connectivity index (χ1) is 11.8. The second-order valence-electron chi connectivity index (χ2n) is 8.43. The molecule has 4 aliphatic rings. The minimum Gasteiger partial charge on any atom is -0.449 e. The molecule has 4 bridgehead atoms. The fourth-order valence-corrected chi connectivity index (χ4v) is 5.67. The van der Waals surface area contributed by atoms with E-state index >= 15 is 0 Å². The lowest BCUT2D eigenvalue weighted by Crippen LogP contribution is -2.61. The molecular formula is C19H26N2O4. The van der Waals surface area contributed by atoms with Crippen LogP contribution in [-0.4, -0.2) is 28.7 Å². The van der Waals surface area contributed by atoms with Crippen LogP contribution >= 0.6 is 0 Å². The molecule has 4 aliphatic carbocycles. The Labute approximate surface area is 147 Å². The second-order valence-corrected chi connectivity index (χ2v) is 8.43. The summed E-state index contributed by atoms with van der Waals surface area (Å²) >= 11 is 0. The van der Waals surface area contributed by atoms with Crippen LogP contribution < -0.4 is 5.32 Å². The quantitative estimate of drug-likeness (QED) is 0.848. The van der Waals surface area contributed by atoms with Crippen LogP contribution in [0.4, 0.5) is 0 Å². The summed E-state index contributed by atoms with van der Waals surface area (Å²) in [6.45, 7) is 4.98. The van der Waals surface area contributed by atoms with Crippen molar-refractivity contribution in [2.45, 2.75) is 70.9 Å². The Bertz CT molecular complexity index is 653. The lowest BCUT2D eigenvalue weighted by Gasteiger charge is -2.57. The Morgan fingerprint density at radius 1 is 1.16 bits per heavy atom. The van der Waals surface area contributed by atoms with E-state index in [9.17, 15) is 9.59 Å². The first kappa shape index (κ1) is 16.6. The monoisotopic (exact) mass is 346 g/mol. The van der Waals surface area contributed by atoms with Gasteiger partial charge >= 0.3 is 5.97 Å². The predicted octanol–water partition coefficient (Wildman–Crippen LogP) is 2.92. The molecular weight excluding hydrogens is 320 g/mol. The van der Waals surface area contributed by atoms with Gasteiger partial charge in [-0.1, -0.05) is 5.16 Å². The number of amides is 1. The second kappa shape index (κ2) is 5.85. The molecule has 1 heterocycles. The maximum Gasteiger partial charge on any atom is 0.344 e. The largest absolute Gasteiger partial charge is 0.449 e. The van der Waals surface area contributed by atoms with Crippen molar-refractivity contribution in [2.24, 2.45) is 17.8 Å². The molecule has 4 fully saturated rings. The Hall–Kier alpha value is -1.85. The molecule has 1 amide bonds. The van der Waals surface area contributed by atoms with E-state index in [-0.39, 0.29) is 11.4 Å². The predicted molar refractivity (Wildman–Crippen MR) is 89.9 cm³/mol. The number of aromatic nitrogens is 1. The van der Waals surface area contributed by atoms with Crippen LogP contribution in [0.1, 0.15) is 67.3 Å². The highest BCUT2D eigenvalue weighted by molar-refractivity contribution is 5.93. The summed E-state index contributed by atoms with van der Waals surface area (Å²) in [5, 5.41) is 7.01. The van der Waals surface area contributed by atoms with E-state index in [0.717, 1.165) is 37.0 Å². The third-order valence-corrected chi connectivity index (χ3v) is 6.32. The van der Waals surface area contributed by atoms with Gasteiger partial charge in [-0.3, -0.25) is 4.79 Å². The van der Waals surface area contributed by atoms with E-state index in [2.05, 4.69) is 10.5 Å². The molecule has 25 heavy (non-hydrogen) atoms.